The van der Waals surface area contributed by atoms with E-state index >= 15 is 0 Å². The van der Waals surface area contributed by atoms with Crippen molar-refractivity contribution in [1.82, 2.24) is 4.90 Å². The molecule has 0 spiro atoms. The second-order valence-electron chi connectivity index (χ2n) is 5.93. The summed E-state index contributed by atoms with van der Waals surface area (Å²) < 4.78 is 6.47. The van der Waals surface area contributed by atoms with Crippen LogP contribution < -0.4 is 5.73 Å². The Balaban J connectivity index is 2.23. The number of hydrogen-bond acceptors (Lipinski definition) is 3. The quantitative estimate of drug-likeness (QED) is 0.895. The molecule has 1 aromatic carbocycles. The molecule has 0 aromatic heterocycles. The van der Waals surface area contributed by atoms with Crippen LogP contribution in [-0.2, 0) is 17.6 Å². The molecule has 0 amide bonds. The number of benzene rings is 1. The molecule has 2 unspecified atom stereocenters. The van der Waals surface area contributed by atoms with Crippen LogP contribution in [0, 0.1) is 0 Å². The highest BCUT2D eigenvalue weighted by atomic mass is 79.9. The lowest BCUT2D eigenvalue weighted by Crippen LogP contribution is -2.59. The SMILES string of the molecule is COCC(C)N(C)C1(CN)CCc2cc(Br)ccc2C1. The first-order valence-electron chi connectivity index (χ1n) is 7.21. The predicted molar refractivity (Wildman–Crippen MR) is 87.1 cm³/mol. The summed E-state index contributed by atoms with van der Waals surface area (Å²) in [7, 11) is 3.94. The van der Waals surface area contributed by atoms with Crippen molar-refractivity contribution in [2.45, 2.75) is 37.8 Å². The molecule has 0 aliphatic heterocycles. The monoisotopic (exact) mass is 340 g/mol. The van der Waals surface area contributed by atoms with Crippen LogP contribution in [0.5, 0.6) is 0 Å². The number of rotatable bonds is 5. The fraction of sp³-hybridized carbons (Fsp3) is 0.625. The number of ether oxygens (including phenoxy) is 1. The van der Waals surface area contributed by atoms with Crippen LogP contribution in [0.3, 0.4) is 0 Å². The van der Waals surface area contributed by atoms with E-state index in [-0.39, 0.29) is 5.54 Å². The molecule has 0 bridgehead atoms. The van der Waals surface area contributed by atoms with Crippen LogP contribution in [-0.4, -0.2) is 43.8 Å². The first-order chi connectivity index (χ1) is 9.52. The number of aryl methyl sites for hydroxylation is 1. The summed E-state index contributed by atoms with van der Waals surface area (Å²) in [6.07, 6.45) is 3.23. The van der Waals surface area contributed by atoms with Crippen molar-refractivity contribution in [3.8, 4) is 0 Å². The van der Waals surface area contributed by atoms with E-state index in [4.69, 9.17) is 10.5 Å². The maximum absolute atomic E-state index is 6.17. The molecule has 0 saturated heterocycles. The molecule has 1 aromatic rings. The highest BCUT2D eigenvalue weighted by Gasteiger charge is 2.38. The van der Waals surface area contributed by atoms with Gasteiger partial charge < -0.3 is 10.5 Å². The van der Waals surface area contributed by atoms with Gasteiger partial charge in [-0.2, -0.15) is 0 Å². The minimum atomic E-state index is 0.0543. The lowest BCUT2D eigenvalue weighted by molar-refractivity contribution is 0.0296. The molecule has 0 heterocycles. The maximum Gasteiger partial charge on any atom is 0.0615 e. The summed E-state index contributed by atoms with van der Waals surface area (Å²) in [5.74, 6) is 0. The van der Waals surface area contributed by atoms with E-state index in [1.54, 1.807) is 7.11 Å². The fourth-order valence-corrected chi connectivity index (χ4v) is 3.66. The smallest absolute Gasteiger partial charge is 0.0615 e. The Bertz CT molecular complexity index is 466. The van der Waals surface area contributed by atoms with Crippen LogP contribution >= 0.6 is 15.9 Å². The van der Waals surface area contributed by atoms with Crippen molar-refractivity contribution in [1.29, 1.82) is 0 Å². The molecule has 20 heavy (non-hydrogen) atoms. The number of hydrogen-bond donors (Lipinski definition) is 1. The molecule has 2 rings (SSSR count). The van der Waals surface area contributed by atoms with Gasteiger partial charge in [0.2, 0.25) is 0 Å². The molecular weight excluding hydrogens is 316 g/mol. The average Bonchev–Trinajstić information content (AvgIpc) is 2.46. The summed E-state index contributed by atoms with van der Waals surface area (Å²) in [5, 5.41) is 0. The molecular formula is C16H25BrN2O. The van der Waals surface area contributed by atoms with E-state index in [1.807, 2.05) is 0 Å². The molecule has 0 radical (unpaired) electrons. The van der Waals surface area contributed by atoms with Gasteiger partial charge in [0.15, 0.2) is 0 Å². The number of halogens is 1. The van der Waals surface area contributed by atoms with Gasteiger partial charge in [0.05, 0.1) is 6.61 Å². The highest BCUT2D eigenvalue weighted by molar-refractivity contribution is 9.10. The number of fused-ring (bicyclic) bond motifs is 1. The number of likely N-dealkylation sites (N-methyl/N-ethyl adjacent to an activating group) is 1. The molecule has 0 fully saturated rings. The summed E-state index contributed by atoms with van der Waals surface area (Å²) in [6.45, 7) is 3.64. The molecule has 2 atom stereocenters. The second-order valence-corrected chi connectivity index (χ2v) is 6.85. The van der Waals surface area contributed by atoms with Crippen LogP contribution in [0.4, 0.5) is 0 Å². The van der Waals surface area contributed by atoms with Crippen molar-refractivity contribution in [2.75, 3.05) is 27.3 Å². The van der Waals surface area contributed by atoms with Gasteiger partial charge in [-0.15, -0.1) is 0 Å². The first-order valence-corrected chi connectivity index (χ1v) is 8.01. The Hall–Kier alpha value is -0.420. The fourth-order valence-electron chi connectivity index (χ4n) is 3.25. The Morgan fingerprint density at radius 3 is 2.85 bits per heavy atom. The highest BCUT2D eigenvalue weighted by Crippen LogP contribution is 2.34. The van der Waals surface area contributed by atoms with Gasteiger partial charge in [-0.1, -0.05) is 22.0 Å². The van der Waals surface area contributed by atoms with Crippen LogP contribution in [0.15, 0.2) is 22.7 Å². The molecule has 112 valence electrons. The van der Waals surface area contributed by atoms with E-state index in [0.717, 1.165) is 30.3 Å². The van der Waals surface area contributed by atoms with Crippen molar-refractivity contribution in [3.63, 3.8) is 0 Å². The maximum atomic E-state index is 6.17. The summed E-state index contributed by atoms with van der Waals surface area (Å²) >= 11 is 3.56. The first kappa shape index (κ1) is 16.0. The van der Waals surface area contributed by atoms with Crippen molar-refractivity contribution in [2.24, 2.45) is 5.73 Å². The van der Waals surface area contributed by atoms with Crippen LogP contribution in [0.2, 0.25) is 0 Å². The van der Waals surface area contributed by atoms with E-state index < -0.39 is 0 Å². The van der Waals surface area contributed by atoms with Crippen LogP contribution in [0.1, 0.15) is 24.5 Å². The molecule has 3 nitrogen and oxygen atoms in total. The Labute approximate surface area is 130 Å². The minimum Gasteiger partial charge on any atom is -0.383 e. The lowest BCUT2D eigenvalue weighted by Gasteiger charge is -2.47. The molecule has 1 aliphatic carbocycles. The average molecular weight is 341 g/mol. The van der Waals surface area contributed by atoms with E-state index in [0.29, 0.717) is 12.6 Å². The Kier molecular flexibility index (Phi) is 5.24. The van der Waals surface area contributed by atoms with Crippen molar-refractivity contribution >= 4 is 15.9 Å². The lowest BCUT2D eigenvalue weighted by atomic mass is 9.76. The van der Waals surface area contributed by atoms with Gasteiger partial charge >= 0.3 is 0 Å². The Morgan fingerprint density at radius 1 is 1.45 bits per heavy atom. The van der Waals surface area contributed by atoms with E-state index in [1.165, 1.54) is 11.1 Å². The topological polar surface area (TPSA) is 38.5 Å². The van der Waals surface area contributed by atoms with Gasteiger partial charge in [0, 0.05) is 29.7 Å². The molecule has 0 saturated carbocycles. The van der Waals surface area contributed by atoms with E-state index in [9.17, 15) is 0 Å². The van der Waals surface area contributed by atoms with Gasteiger partial charge in [-0.25, -0.2) is 0 Å². The largest absolute Gasteiger partial charge is 0.383 e. The van der Waals surface area contributed by atoms with E-state index in [2.05, 4.69) is 53.0 Å². The zero-order chi connectivity index (χ0) is 14.8. The zero-order valence-electron chi connectivity index (χ0n) is 12.7. The van der Waals surface area contributed by atoms with Gasteiger partial charge in [0.25, 0.3) is 0 Å². The number of methoxy groups -OCH3 is 1. The zero-order valence-corrected chi connectivity index (χ0v) is 14.2. The van der Waals surface area contributed by atoms with Crippen molar-refractivity contribution < 1.29 is 4.74 Å². The number of nitrogens with two attached hydrogens (primary N) is 1. The molecule has 2 N–H and O–H groups in total. The van der Waals surface area contributed by atoms with Gasteiger partial charge in [0.1, 0.15) is 0 Å². The third kappa shape index (κ3) is 3.08. The van der Waals surface area contributed by atoms with Crippen molar-refractivity contribution in [3.05, 3.63) is 33.8 Å². The second kappa shape index (κ2) is 6.56. The normalized spacial score (nSPS) is 23.7. The van der Waals surface area contributed by atoms with Gasteiger partial charge in [-0.3, -0.25) is 4.90 Å². The predicted octanol–water partition coefficient (Wildman–Crippen LogP) is 2.60. The third-order valence-corrected chi connectivity index (χ3v) is 5.24. The molecule has 4 heteroatoms. The number of nitrogens with zero attached hydrogens (tertiary/aromatic N) is 1. The molecule has 1 aliphatic rings. The standard InChI is InChI=1S/C16H25BrN2O/c1-12(10-20-3)19(2)16(11-18)7-6-13-8-15(17)5-4-14(13)9-16/h4-5,8,12H,6-7,9-11,18H2,1-3H3. The summed E-state index contributed by atoms with van der Waals surface area (Å²) in [4.78, 5) is 2.42. The minimum absolute atomic E-state index is 0.0543. The summed E-state index contributed by atoms with van der Waals surface area (Å²) in [6, 6.07) is 6.98. The third-order valence-electron chi connectivity index (χ3n) is 4.74. The van der Waals surface area contributed by atoms with Gasteiger partial charge in [-0.05, 0) is 56.5 Å². The van der Waals surface area contributed by atoms with Crippen LogP contribution in [0.25, 0.3) is 0 Å². The summed E-state index contributed by atoms with van der Waals surface area (Å²) in [5.41, 5.74) is 9.11. The Morgan fingerprint density at radius 2 is 2.20 bits per heavy atom.